The zero-order valence-corrected chi connectivity index (χ0v) is 17.6. The molecule has 154 valence electrons. The minimum absolute atomic E-state index is 0.260. The van der Waals surface area contributed by atoms with Gasteiger partial charge in [0.1, 0.15) is 17.3 Å². The van der Waals surface area contributed by atoms with E-state index in [-0.39, 0.29) is 17.4 Å². The van der Waals surface area contributed by atoms with Crippen LogP contribution in [0, 0.1) is 5.41 Å². The number of hydrogen-bond acceptors (Lipinski definition) is 7. The van der Waals surface area contributed by atoms with Crippen LogP contribution in [0.25, 0.3) is 4.91 Å². The third-order valence-corrected chi connectivity index (χ3v) is 4.67. The number of nitrogens with one attached hydrogen (secondary N) is 5. The van der Waals surface area contributed by atoms with E-state index in [1.165, 1.54) is 18.8 Å². The normalized spacial score (nSPS) is 11.9. The summed E-state index contributed by atoms with van der Waals surface area (Å²) in [6.07, 6.45) is 1.97. The fourth-order valence-corrected chi connectivity index (χ4v) is 2.99. The van der Waals surface area contributed by atoms with Crippen molar-refractivity contribution in [3.63, 3.8) is 0 Å². The highest BCUT2D eigenvalue weighted by molar-refractivity contribution is 8.21. The lowest BCUT2D eigenvalue weighted by molar-refractivity contribution is -0.117. The minimum atomic E-state index is -0.303. The number of allylic oxidation sites excluding steroid dienone is 1. The van der Waals surface area contributed by atoms with E-state index in [1.54, 1.807) is 7.05 Å². The Bertz CT molecular complexity index is 716. The topological polar surface area (TPSA) is 124 Å². The molecule has 0 unspecified atom stereocenters. The number of carbonyl (C=O) groups excluding carboxylic acids is 1. The number of ether oxygens (including phenoxy) is 1. The highest BCUT2D eigenvalue weighted by atomic mass is 32.2. The average molecular weight is 407 g/mol. The van der Waals surface area contributed by atoms with Crippen LogP contribution in [0.5, 0.6) is 5.75 Å². The number of carbonyl (C=O) groups is 1. The first kappa shape index (κ1) is 23.2. The maximum absolute atomic E-state index is 11.8. The summed E-state index contributed by atoms with van der Waals surface area (Å²) in [6, 6.07) is 7.79. The largest absolute Gasteiger partial charge is 0.494 e. The van der Waals surface area contributed by atoms with Gasteiger partial charge in [0.25, 0.3) is 5.91 Å². The van der Waals surface area contributed by atoms with Crippen LogP contribution in [-0.4, -0.2) is 44.9 Å². The molecule has 28 heavy (non-hydrogen) atoms. The van der Waals surface area contributed by atoms with Gasteiger partial charge in [-0.15, -0.1) is 0 Å². The van der Waals surface area contributed by atoms with E-state index in [4.69, 9.17) is 15.9 Å². The molecule has 1 aromatic carbocycles. The van der Waals surface area contributed by atoms with Gasteiger partial charge in [-0.2, -0.15) is 0 Å². The van der Waals surface area contributed by atoms with Crippen LogP contribution in [0.15, 0.2) is 41.9 Å². The summed E-state index contributed by atoms with van der Waals surface area (Å²) >= 11 is 1.33. The summed E-state index contributed by atoms with van der Waals surface area (Å²) in [6.45, 7) is 5.41. The first-order valence-corrected chi connectivity index (χ1v) is 9.81. The predicted octanol–water partition coefficient (Wildman–Crippen LogP) is 1.39. The number of amides is 1. The number of nitrogens with two attached hydrogens (primary N) is 1. The number of rotatable bonds is 10. The Labute approximate surface area is 170 Å². The highest BCUT2D eigenvalue weighted by Gasteiger charge is 2.11. The van der Waals surface area contributed by atoms with Crippen molar-refractivity contribution in [1.82, 2.24) is 21.3 Å². The maximum atomic E-state index is 11.8. The Morgan fingerprint density at radius 3 is 2.36 bits per heavy atom. The summed E-state index contributed by atoms with van der Waals surface area (Å²) in [5, 5.41) is 19.7. The lowest BCUT2D eigenvalue weighted by Crippen LogP contribution is -2.38. The summed E-state index contributed by atoms with van der Waals surface area (Å²) < 4.78 is 5.46. The number of benzene rings is 1. The molecule has 0 aliphatic rings. The molecule has 0 atom stereocenters. The van der Waals surface area contributed by atoms with Crippen molar-refractivity contribution in [1.29, 1.82) is 5.41 Å². The molecule has 0 radical (unpaired) electrons. The lowest BCUT2D eigenvalue weighted by Gasteiger charge is -2.14. The number of likely N-dealkylation sites (N-methyl/N-ethyl adjacent to an activating group) is 1. The highest BCUT2D eigenvalue weighted by Crippen LogP contribution is 2.28. The van der Waals surface area contributed by atoms with E-state index in [0.717, 1.165) is 16.2 Å². The van der Waals surface area contributed by atoms with Crippen molar-refractivity contribution in [2.45, 2.75) is 13.8 Å². The Morgan fingerprint density at radius 2 is 1.82 bits per heavy atom. The second kappa shape index (κ2) is 12.6. The number of hydrogen-bond donors (Lipinski definition) is 6. The first-order valence-electron chi connectivity index (χ1n) is 9.00. The third-order valence-electron chi connectivity index (χ3n) is 3.63. The molecule has 0 heterocycles. The molecule has 0 saturated heterocycles. The quantitative estimate of drug-likeness (QED) is 0.150. The third kappa shape index (κ3) is 7.43. The van der Waals surface area contributed by atoms with Gasteiger partial charge in [-0.25, -0.2) is 0 Å². The zero-order chi connectivity index (χ0) is 20.9. The zero-order valence-electron chi connectivity index (χ0n) is 16.8. The summed E-state index contributed by atoms with van der Waals surface area (Å²) in [5.41, 5.74) is 7.07. The Morgan fingerprint density at radius 1 is 1.18 bits per heavy atom. The molecule has 1 aromatic rings. The van der Waals surface area contributed by atoms with Crippen LogP contribution in [0.3, 0.4) is 0 Å². The fraction of sp³-hybridized carbons (Fsp3) is 0.368. The van der Waals surface area contributed by atoms with Crippen molar-refractivity contribution in [3.05, 3.63) is 47.4 Å². The van der Waals surface area contributed by atoms with Gasteiger partial charge in [-0.1, -0.05) is 30.0 Å². The van der Waals surface area contributed by atoms with Crippen molar-refractivity contribution in [2.24, 2.45) is 5.73 Å². The van der Waals surface area contributed by atoms with Crippen LogP contribution in [0.2, 0.25) is 0 Å². The fourth-order valence-electron chi connectivity index (χ4n) is 2.22. The molecule has 0 aromatic heterocycles. The smallest absolute Gasteiger partial charge is 0.270 e. The molecule has 9 heteroatoms. The molecule has 0 spiro atoms. The number of amidine groups is 1. The van der Waals surface area contributed by atoms with Gasteiger partial charge in [-0.3, -0.25) is 10.2 Å². The van der Waals surface area contributed by atoms with Gasteiger partial charge in [0.05, 0.1) is 6.61 Å². The van der Waals surface area contributed by atoms with Crippen molar-refractivity contribution < 1.29 is 9.53 Å². The average Bonchev–Trinajstić information content (AvgIpc) is 2.71. The molecule has 0 bridgehead atoms. The molecule has 7 N–H and O–H groups in total. The van der Waals surface area contributed by atoms with Gasteiger partial charge in [0.2, 0.25) is 0 Å². The summed E-state index contributed by atoms with van der Waals surface area (Å²) in [5.74, 6) is 0.783. The van der Waals surface area contributed by atoms with Gasteiger partial charge >= 0.3 is 0 Å². The molecule has 0 fully saturated rings. The van der Waals surface area contributed by atoms with E-state index in [9.17, 15) is 4.79 Å². The van der Waals surface area contributed by atoms with Gasteiger partial charge in [-0.05, 0) is 31.5 Å². The summed E-state index contributed by atoms with van der Waals surface area (Å²) in [7, 11) is 3.18. The Hall–Kier alpha value is -2.81. The van der Waals surface area contributed by atoms with Crippen molar-refractivity contribution in [3.8, 4) is 5.75 Å². The molecule has 8 nitrogen and oxygen atoms in total. The number of thioether (sulfide) groups is 1. The van der Waals surface area contributed by atoms with Crippen LogP contribution < -0.4 is 31.7 Å². The molecule has 0 saturated carbocycles. The van der Waals surface area contributed by atoms with Crippen molar-refractivity contribution in [2.75, 3.05) is 33.8 Å². The lowest BCUT2D eigenvalue weighted by atomic mass is 10.2. The van der Waals surface area contributed by atoms with Gasteiger partial charge in [0.15, 0.2) is 5.17 Å². The van der Waals surface area contributed by atoms with E-state index >= 15 is 0 Å². The van der Waals surface area contributed by atoms with Gasteiger partial charge in [0, 0.05) is 32.1 Å². The van der Waals surface area contributed by atoms with Crippen LogP contribution in [0.4, 0.5) is 0 Å². The van der Waals surface area contributed by atoms with Crippen molar-refractivity contribution >= 4 is 27.7 Å². The second-order valence-electron chi connectivity index (χ2n) is 5.51. The van der Waals surface area contributed by atoms with Crippen LogP contribution >= 0.6 is 11.8 Å². The Balaban J connectivity index is 2.53. The van der Waals surface area contributed by atoms with E-state index in [2.05, 4.69) is 21.3 Å². The van der Waals surface area contributed by atoms with E-state index < -0.39 is 0 Å². The molecule has 1 rings (SSSR count). The SMILES string of the molecule is C/C=C(\SC(=N)NCCN/C(C(=O)NC)=C(\N)NC)c1ccc(OCC)cc1. The van der Waals surface area contributed by atoms with E-state index in [0.29, 0.717) is 24.9 Å². The molecule has 0 aliphatic carbocycles. The first-order chi connectivity index (χ1) is 13.5. The summed E-state index contributed by atoms with van der Waals surface area (Å²) in [4.78, 5) is 12.8. The van der Waals surface area contributed by atoms with Crippen LogP contribution in [0.1, 0.15) is 19.4 Å². The van der Waals surface area contributed by atoms with Gasteiger partial charge < -0.3 is 31.7 Å². The minimum Gasteiger partial charge on any atom is -0.494 e. The monoisotopic (exact) mass is 406 g/mol. The molecular weight excluding hydrogens is 376 g/mol. The maximum Gasteiger partial charge on any atom is 0.270 e. The molecule has 1 amide bonds. The predicted molar refractivity (Wildman–Crippen MR) is 117 cm³/mol. The standard InChI is InChI=1S/C19H30N6O2S/c1-5-15(13-7-9-14(10-8-13)27-6-2)28-19(21)25-12-11-24-16(17(20)22-3)18(26)23-4/h5,7-10,22,24H,6,11-12,20H2,1-4H3,(H2,21,25)(H,23,26)/b15-5-,17-16+. The second-order valence-corrected chi connectivity index (χ2v) is 6.57. The van der Waals surface area contributed by atoms with Crippen LogP contribution in [-0.2, 0) is 4.79 Å². The Kier molecular flexibility index (Phi) is 10.4. The van der Waals surface area contributed by atoms with E-state index in [1.807, 2.05) is 44.2 Å². The molecular formula is C19H30N6O2S. The molecule has 0 aliphatic heterocycles.